The molecule has 0 saturated heterocycles. The molecule has 7 rings (SSSR count). The van der Waals surface area contributed by atoms with Gasteiger partial charge in [-0.3, -0.25) is 0 Å². The monoisotopic (exact) mass is 458 g/mol. The van der Waals surface area contributed by atoms with Gasteiger partial charge in [-0.05, 0) is 104 Å². The van der Waals surface area contributed by atoms with Gasteiger partial charge in [-0.15, -0.1) is 0 Å². The summed E-state index contributed by atoms with van der Waals surface area (Å²) in [5, 5.41) is 20.8. The van der Waals surface area contributed by atoms with E-state index in [1.54, 1.807) is 36.4 Å². The van der Waals surface area contributed by atoms with E-state index in [2.05, 4.69) is 0 Å². The maximum atomic E-state index is 10.5. The van der Waals surface area contributed by atoms with Crippen LogP contribution < -0.4 is 20.9 Å². The molecule has 3 aromatic rings. The fourth-order valence-electron chi connectivity index (χ4n) is 6.87. The Morgan fingerprint density at radius 2 is 1.21 bits per heavy atom. The third-order valence-electron chi connectivity index (χ3n) is 8.08. The number of nitrogen functional groups attached to an aromatic ring is 2. The Morgan fingerprint density at radius 3 is 1.79 bits per heavy atom. The molecule has 0 heterocycles. The van der Waals surface area contributed by atoms with E-state index in [9.17, 15) is 10.2 Å². The van der Waals surface area contributed by atoms with Crippen molar-refractivity contribution >= 4 is 11.4 Å². The van der Waals surface area contributed by atoms with Crippen molar-refractivity contribution in [2.24, 2.45) is 23.7 Å². The van der Waals surface area contributed by atoms with Crippen LogP contribution in [0.5, 0.6) is 34.5 Å². The summed E-state index contributed by atoms with van der Waals surface area (Å²) in [5.41, 5.74) is 13.4. The number of nitrogens with two attached hydrogens (primary N) is 2. The first-order valence-electron chi connectivity index (χ1n) is 12.1. The Labute approximate surface area is 199 Å². The molecule has 176 valence electrons. The number of ether oxygens (including phenoxy) is 2. The van der Waals surface area contributed by atoms with Crippen LogP contribution in [0.3, 0.4) is 0 Å². The van der Waals surface area contributed by atoms with E-state index in [0.29, 0.717) is 40.8 Å². The first-order chi connectivity index (χ1) is 16.5. The topological polar surface area (TPSA) is 111 Å². The standard InChI is InChI=1S/C28H30N2O4/c29-21-3-1-5-24(27(21)31)33-19-7-8-23(34-25-6-2-4-22(30)28(25)32)20(14-19)26-17-10-15-9-16(12-17)13-18(26)11-15/h1-8,14-18,26,31-32H,9-13,29-30H2. The number of rotatable bonds is 5. The largest absolute Gasteiger partial charge is 0.503 e. The number of aromatic hydroxyl groups is 2. The van der Waals surface area contributed by atoms with Gasteiger partial charge in [0.05, 0.1) is 11.4 Å². The second kappa shape index (κ2) is 8.05. The summed E-state index contributed by atoms with van der Waals surface area (Å²) in [5.74, 6) is 5.21. The zero-order valence-corrected chi connectivity index (χ0v) is 19.0. The van der Waals surface area contributed by atoms with Gasteiger partial charge in [0, 0.05) is 5.56 Å². The van der Waals surface area contributed by atoms with Crippen molar-refractivity contribution in [1.82, 2.24) is 0 Å². The molecule has 6 heteroatoms. The quantitative estimate of drug-likeness (QED) is 0.261. The Balaban J connectivity index is 1.40. The van der Waals surface area contributed by atoms with Gasteiger partial charge in [0.2, 0.25) is 0 Å². The first kappa shape index (κ1) is 21.0. The van der Waals surface area contributed by atoms with Crippen LogP contribution in [0.25, 0.3) is 0 Å². The zero-order valence-electron chi connectivity index (χ0n) is 19.0. The number of benzene rings is 3. The molecule has 4 aliphatic rings. The molecule has 4 saturated carbocycles. The average Bonchev–Trinajstić information content (AvgIpc) is 2.80. The van der Waals surface area contributed by atoms with Crippen molar-refractivity contribution in [3.8, 4) is 34.5 Å². The van der Waals surface area contributed by atoms with Crippen molar-refractivity contribution in [1.29, 1.82) is 0 Å². The molecular formula is C28H30N2O4. The summed E-state index contributed by atoms with van der Waals surface area (Å²) in [7, 11) is 0. The Kier molecular flexibility index (Phi) is 4.97. The fourth-order valence-corrected chi connectivity index (χ4v) is 6.87. The van der Waals surface area contributed by atoms with E-state index in [1.165, 1.54) is 32.1 Å². The van der Waals surface area contributed by atoms with Crippen molar-refractivity contribution < 1.29 is 19.7 Å². The summed E-state index contributed by atoms with van der Waals surface area (Å²) >= 11 is 0. The molecule has 0 aliphatic heterocycles. The lowest BCUT2D eigenvalue weighted by Crippen LogP contribution is -2.43. The SMILES string of the molecule is Nc1cccc(Oc2ccc(Oc3cccc(N)c3O)c(C3C4CC5CC(C4)CC3C5)c2)c1O. The van der Waals surface area contributed by atoms with Gasteiger partial charge in [-0.25, -0.2) is 0 Å². The Bertz CT molecular complexity index is 1210. The fraction of sp³-hybridized carbons (Fsp3) is 0.357. The summed E-state index contributed by atoms with van der Waals surface area (Å²) in [6.45, 7) is 0. The average molecular weight is 459 g/mol. The van der Waals surface area contributed by atoms with Gasteiger partial charge in [-0.1, -0.05) is 12.1 Å². The minimum Gasteiger partial charge on any atom is -0.503 e. The van der Waals surface area contributed by atoms with E-state index < -0.39 is 0 Å². The number of hydrogen-bond donors (Lipinski definition) is 4. The highest BCUT2D eigenvalue weighted by molar-refractivity contribution is 5.62. The smallest absolute Gasteiger partial charge is 0.181 e. The summed E-state index contributed by atoms with van der Waals surface area (Å²) in [4.78, 5) is 0. The lowest BCUT2D eigenvalue weighted by atomic mass is 9.50. The molecule has 4 aliphatic carbocycles. The van der Waals surface area contributed by atoms with Crippen LogP contribution in [0.15, 0.2) is 54.6 Å². The molecule has 0 amide bonds. The van der Waals surface area contributed by atoms with Gasteiger partial charge >= 0.3 is 0 Å². The molecule has 0 radical (unpaired) electrons. The number of anilines is 2. The molecule has 0 unspecified atom stereocenters. The molecule has 4 bridgehead atoms. The number of phenols is 2. The molecule has 0 atom stereocenters. The number of para-hydroxylation sites is 2. The third-order valence-corrected chi connectivity index (χ3v) is 8.08. The van der Waals surface area contributed by atoms with Gasteiger partial charge in [-0.2, -0.15) is 0 Å². The van der Waals surface area contributed by atoms with E-state index in [0.717, 1.165) is 17.4 Å². The summed E-state index contributed by atoms with van der Waals surface area (Å²) < 4.78 is 12.3. The molecule has 6 N–H and O–H groups in total. The highest BCUT2D eigenvalue weighted by Gasteiger charge is 2.49. The van der Waals surface area contributed by atoms with Crippen LogP contribution >= 0.6 is 0 Å². The number of phenolic OH excluding ortho intramolecular Hbond substituents is 2. The highest BCUT2D eigenvalue weighted by atomic mass is 16.5. The summed E-state index contributed by atoms with van der Waals surface area (Å²) in [6, 6.07) is 16.0. The molecule has 4 fully saturated rings. The van der Waals surface area contributed by atoms with Crippen molar-refractivity contribution in [3.63, 3.8) is 0 Å². The molecule has 6 nitrogen and oxygen atoms in total. The molecular weight excluding hydrogens is 428 g/mol. The lowest BCUT2D eigenvalue weighted by Gasteiger charge is -2.54. The first-order valence-corrected chi connectivity index (χ1v) is 12.1. The van der Waals surface area contributed by atoms with E-state index in [-0.39, 0.29) is 22.9 Å². The van der Waals surface area contributed by atoms with Gasteiger partial charge in [0.15, 0.2) is 23.0 Å². The van der Waals surface area contributed by atoms with Crippen molar-refractivity contribution in [2.75, 3.05) is 11.5 Å². The second-order valence-electron chi connectivity index (χ2n) is 10.2. The third kappa shape index (κ3) is 3.58. The highest BCUT2D eigenvalue weighted by Crippen LogP contribution is 2.61. The van der Waals surface area contributed by atoms with Gasteiger partial charge in [0.1, 0.15) is 11.5 Å². The van der Waals surface area contributed by atoms with E-state index in [1.807, 2.05) is 18.2 Å². The number of hydrogen-bond acceptors (Lipinski definition) is 6. The summed E-state index contributed by atoms with van der Waals surface area (Å²) in [6.07, 6.45) is 6.45. The van der Waals surface area contributed by atoms with E-state index >= 15 is 0 Å². The van der Waals surface area contributed by atoms with Gasteiger partial charge < -0.3 is 31.2 Å². The van der Waals surface area contributed by atoms with Crippen LogP contribution in [0.4, 0.5) is 11.4 Å². The van der Waals surface area contributed by atoms with E-state index in [4.69, 9.17) is 20.9 Å². The lowest BCUT2D eigenvalue weighted by molar-refractivity contribution is -0.00340. The predicted molar refractivity (Wildman–Crippen MR) is 131 cm³/mol. The minimum absolute atomic E-state index is 0.0523. The maximum absolute atomic E-state index is 10.5. The van der Waals surface area contributed by atoms with Crippen LogP contribution in [0.2, 0.25) is 0 Å². The van der Waals surface area contributed by atoms with Crippen molar-refractivity contribution in [2.45, 2.75) is 38.0 Å². The Hall–Kier alpha value is -3.54. The van der Waals surface area contributed by atoms with Crippen LogP contribution in [0, 0.1) is 23.7 Å². The molecule has 3 aromatic carbocycles. The predicted octanol–water partition coefficient (Wildman–Crippen LogP) is 6.39. The van der Waals surface area contributed by atoms with Crippen LogP contribution in [-0.2, 0) is 0 Å². The molecule has 34 heavy (non-hydrogen) atoms. The van der Waals surface area contributed by atoms with Gasteiger partial charge in [0.25, 0.3) is 0 Å². The minimum atomic E-state index is -0.0660. The van der Waals surface area contributed by atoms with Crippen LogP contribution in [0.1, 0.15) is 43.6 Å². The van der Waals surface area contributed by atoms with Crippen molar-refractivity contribution in [3.05, 3.63) is 60.2 Å². The van der Waals surface area contributed by atoms with Crippen LogP contribution in [-0.4, -0.2) is 10.2 Å². The second-order valence-corrected chi connectivity index (χ2v) is 10.2. The molecule has 0 spiro atoms. The Morgan fingerprint density at radius 1 is 0.647 bits per heavy atom. The normalized spacial score (nSPS) is 27.0. The maximum Gasteiger partial charge on any atom is 0.181 e. The molecule has 0 aromatic heterocycles. The zero-order chi connectivity index (χ0) is 23.4.